The van der Waals surface area contributed by atoms with Crippen LogP contribution in [0.15, 0.2) is 48.7 Å². The van der Waals surface area contributed by atoms with Crippen molar-refractivity contribution in [3.05, 3.63) is 64.3 Å². The zero-order valence-electron chi connectivity index (χ0n) is 16.7. The molecule has 30 heavy (non-hydrogen) atoms. The standard InChI is InChI=1S/C22H23N3O5/c1-2-29-20-5-3-4-6-21(20)30-16-9-11-24(12-10-16)22(26)18-14-23-19-8-7-15(25(27)28)13-17(18)19/h3-8,13-14,16,23H,2,9-12H2,1H3. The van der Waals surface area contributed by atoms with Crippen LogP contribution in [0.1, 0.15) is 30.1 Å². The van der Waals surface area contributed by atoms with Crippen molar-refractivity contribution in [1.82, 2.24) is 9.88 Å². The van der Waals surface area contributed by atoms with Crippen LogP contribution in [-0.4, -0.2) is 46.5 Å². The van der Waals surface area contributed by atoms with Crippen molar-refractivity contribution in [3.8, 4) is 11.5 Å². The van der Waals surface area contributed by atoms with Gasteiger partial charge in [0.2, 0.25) is 0 Å². The fraction of sp³-hybridized carbons (Fsp3) is 0.318. The number of likely N-dealkylation sites (tertiary alicyclic amines) is 1. The second kappa shape index (κ2) is 8.44. The van der Waals surface area contributed by atoms with Gasteiger partial charge in [-0.2, -0.15) is 0 Å². The molecule has 3 aromatic rings. The van der Waals surface area contributed by atoms with E-state index >= 15 is 0 Å². The second-order valence-corrected chi connectivity index (χ2v) is 7.18. The third-order valence-corrected chi connectivity index (χ3v) is 5.28. The predicted octanol–water partition coefficient (Wildman–Crippen LogP) is 4.16. The molecule has 0 spiro atoms. The molecule has 0 atom stereocenters. The summed E-state index contributed by atoms with van der Waals surface area (Å²) in [6.07, 6.45) is 3.03. The Morgan fingerprint density at radius 2 is 1.93 bits per heavy atom. The van der Waals surface area contributed by atoms with E-state index < -0.39 is 4.92 Å². The average Bonchev–Trinajstić information content (AvgIpc) is 3.18. The molecule has 8 heteroatoms. The molecular weight excluding hydrogens is 386 g/mol. The van der Waals surface area contributed by atoms with Gasteiger partial charge in [-0.15, -0.1) is 0 Å². The molecule has 2 heterocycles. The molecule has 1 aliphatic heterocycles. The van der Waals surface area contributed by atoms with Crippen molar-refractivity contribution in [3.63, 3.8) is 0 Å². The van der Waals surface area contributed by atoms with E-state index in [9.17, 15) is 14.9 Å². The molecule has 4 rings (SSSR count). The predicted molar refractivity (Wildman–Crippen MR) is 112 cm³/mol. The maximum absolute atomic E-state index is 13.0. The molecule has 1 N–H and O–H groups in total. The molecule has 1 amide bonds. The van der Waals surface area contributed by atoms with Crippen LogP contribution < -0.4 is 9.47 Å². The van der Waals surface area contributed by atoms with Gasteiger partial charge in [0.05, 0.1) is 17.1 Å². The van der Waals surface area contributed by atoms with Gasteiger partial charge in [0.25, 0.3) is 11.6 Å². The first kappa shape index (κ1) is 19.8. The van der Waals surface area contributed by atoms with E-state index in [1.165, 1.54) is 12.1 Å². The summed E-state index contributed by atoms with van der Waals surface area (Å²) in [5.41, 5.74) is 1.13. The van der Waals surface area contributed by atoms with Gasteiger partial charge in [-0.25, -0.2) is 0 Å². The summed E-state index contributed by atoms with van der Waals surface area (Å²) in [5, 5.41) is 11.6. The molecule has 2 aromatic carbocycles. The highest BCUT2D eigenvalue weighted by Gasteiger charge is 2.27. The van der Waals surface area contributed by atoms with Crippen LogP contribution in [0.4, 0.5) is 5.69 Å². The maximum Gasteiger partial charge on any atom is 0.270 e. The van der Waals surface area contributed by atoms with E-state index in [1.807, 2.05) is 31.2 Å². The number of hydrogen-bond acceptors (Lipinski definition) is 5. The molecule has 1 fully saturated rings. The topological polar surface area (TPSA) is 97.7 Å². The van der Waals surface area contributed by atoms with Crippen molar-refractivity contribution < 1.29 is 19.2 Å². The first-order valence-electron chi connectivity index (χ1n) is 10.00. The quantitative estimate of drug-likeness (QED) is 0.487. The molecule has 8 nitrogen and oxygen atoms in total. The number of aromatic nitrogens is 1. The SMILES string of the molecule is CCOc1ccccc1OC1CCN(C(=O)c2c[nH]c3ccc([N+](=O)[O-])cc23)CC1. The Morgan fingerprint density at radius 1 is 1.20 bits per heavy atom. The lowest BCUT2D eigenvalue weighted by Gasteiger charge is -2.32. The van der Waals surface area contributed by atoms with Gasteiger partial charge in [-0.1, -0.05) is 12.1 Å². The number of piperidine rings is 1. The number of carbonyl (C=O) groups is 1. The number of hydrogen-bond donors (Lipinski definition) is 1. The van der Waals surface area contributed by atoms with Crippen LogP contribution in [0, 0.1) is 10.1 Å². The van der Waals surface area contributed by atoms with Crippen LogP contribution in [0.5, 0.6) is 11.5 Å². The summed E-state index contributed by atoms with van der Waals surface area (Å²) in [6, 6.07) is 12.1. The Morgan fingerprint density at radius 3 is 2.63 bits per heavy atom. The summed E-state index contributed by atoms with van der Waals surface area (Å²) >= 11 is 0. The number of para-hydroxylation sites is 2. The van der Waals surface area contributed by atoms with Gasteiger partial charge in [0.1, 0.15) is 6.10 Å². The minimum Gasteiger partial charge on any atom is -0.490 e. The molecule has 156 valence electrons. The molecule has 0 aliphatic carbocycles. The average molecular weight is 409 g/mol. The van der Waals surface area contributed by atoms with Crippen LogP contribution in [0.3, 0.4) is 0 Å². The van der Waals surface area contributed by atoms with E-state index in [0.29, 0.717) is 54.8 Å². The minimum atomic E-state index is -0.455. The number of carbonyl (C=O) groups excluding carboxylic acids is 1. The maximum atomic E-state index is 13.0. The first-order valence-corrected chi connectivity index (χ1v) is 10.00. The normalized spacial score (nSPS) is 14.6. The smallest absolute Gasteiger partial charge is 0.270 e. The number of amides is 1. The molecule has 0 saturated carbocycles. The van der Waals surface area contributed by atoms with Crippen LogP contribution in [0.25, 0.3) is 10.9 Å². The number of nitrogens with one attached hydrogen (secondary N) is 1. The number of aromatic amines is 1. The first-order chi connectivity index (χ1) is 14.6. The Balaban J connectivity index is 1.43. The number of benzene rings is 2. The Labute approximate surface area is 173 Å². The molecular formula is C22H23N3O5. The van der Waals surface area contributed by atoms with Crippen molar-refractivity contribution in [1.29, 1.82) is 0 Å². The number of non-ortho nitro benzene ring substituents is 1. The summed E-state index contributed by atoms with van der Waals surface area (Å²) < 4.78 is 11.7. The van der Waals surface area contributed by atoms with Gasteiger partial charge in [-0.05, 0) is 25.1 Å². The molecule has 1 aliphatic rings. The van der Waals surface area contributed by atoms with E-state index in [0.717, 1.165) is 5.75 Å². The monoisotopic (exact) mass is 409 g/mol. The lowest BCUT2D eigenvalue weighted by Crippen LogP contribution is -2.41. The lowest BCUT2D eigenvalue weighted by atomic mass is 10.1. The van der Waals surface area contributed by atoms with Crippen molar-refractivity contribution in [2.24, 2.45) is 0 Å². The zero-order valence-corrected chi connectivity index (χ0v) is 16.7. The summed E-state index contributed by atoms with van der Waals surface area (Å²) in [7, 11) is 0. The largest absolute Gasteiger partial charge is 0.490 e. The number of ether oxygens (including phenoxy) is 2. The summed E-state index contributed by atoms with van der Waals surface area (Å²) in [4.78, 5) is 28.5. The van der Waals surface area contributed by atoms with Gasteiger partial charge < -0.3 is 19.4 Å². The van der Waals surface area contributed by atoms with Crippen LogP contribution in [-0.2, 0) is 0 Å². The minimum absolute atomic E-state index is 0.000266. The molecule has 1 aromatic heterocycles. The highest BCUT2D eigenvalue weighted by Crippen LogP contribution is 2.30. The number of nitro benzene ring substituents is 1. The third kappa shape index (κ3) is 3.94. The van der Waals surface area contributed by atoms with Gasteiger partial charge in [0, 0.05) is 55.2 Å². The molecule has 0 bridgehead atoms. The number of rotatable bonds is 6. The molecule has 1 saturated heterocycles. The number of nitro groups is 1. The Kier molecular flexibility index (Phi) is 5.56. The third-order valence-electron chi connectivity index (χ3n) is 5.28. The Bertz CT molecular complexity index is 1070. The Hall–Kier alpha value is -3.55. The molecule has 0 radical (unpaired) electrons. The van der Waals surface area contributed by atoms with Crippen LogP contribution in [0.2, 0.25) is 0 Å². The summed E-state index contributed by atoms with van der Waals surface area (Å²) in [5.74, 6) is 1.31. The zero-order chi connectivity index (χ0) is 21.1. The number of H-pyrrole nitrogens is 1. The van der Waals surface area contributed by atoms with E-state index in [1.54, 1.807) is 17.2 Å². The molecule has 0 unspecified atom stereocenters. The number of nitrogens with zero attached hydrogens (tertiary/aromatic N) is 2. The highest BCUT2D eigenvalue weighted by atomic mass is 16.6. The fourth-order valence-electron chi connectivity index (χ4n) is 3.75. The van der Waals surface area contributed by atoms with E-state index in [2.05, 4.69) is 4.98 Å². The van der Waals surface area contributed by atoms with Gasteiger partial charge in [0.15, 0.2) is 11.5 Å². The number of fused-ring (bicyclic) bond motifs is 1. The van der Waals surface area contributed by atoms with E-state index in [-0.39, 0.29) is 17.7 Å². The van der Waals surface area contributed by atoms with Gasteiger partial charge >= 0.3 is 0 Å². The van der Waals surface area contributed by atoms with Gasteiger partial charge in [-0.3, -0.25) is 14.9 Å². The second-order valence-electron chi connectivity index (χ2n) is 7.18. The lowest BCUT2D eigenvalue weighted by molar-refractivity contribution is -0.384. The fourth-order valence-corrected chi connectivity index (χ4v) is 3.75. The van der Waals surface area contributed by atoms with Crippen LogP contribution >= 0.6 is 0 Å². The summed E-state index contributed by atoms with van der Waals surface area (Å²) in [6.45, 7) is 3.61. The highest BCUT2D eigenvalue weighted by molar-refractivity contribution is 6.07. The van der Waals surface area contributed by atoms with Crippen molar-refractivity contribution in [2.75, 3.05) is 19.7 Å². The van der Waals surface area contributed by atoms with E-state index in [4.69, 9.17) is 9.47 Å². The van der Waals surface area contributed by atoms with Crippen molar-refractivity contribution >= 4 is 22.5 Å². The van der Waals surface area contributed by atoms with Crippen molar-refractivity contribution in [2.45, 2.75) is 25.9 Å².